The van der Waals surface area contributed by atoms with Gasteiger partial charge >= 0.3 is 0 Å². The van der Waals surface area contributed by atoms with E-state index in [4.69, 9.17) is 4.42 Å². The summed E-state index contributed by atoms with van der Waals surface area (Å²) in [5, 5.41) is 21.6. The molecule has 0 saturated carbocycles. The van der Waals surface area contributed by atoms with E-state index in [0.717, 1.165) is 29.1 Å². The third-order valence-corrected chi connectivity index (χ3v) is 6.09. The van der Waals surface area contributed by atoms with Crippen LogP contribution in [0, 0.1) is 6.92 Å². The lowest BCUT2D eigenvalue weighted by atomic mass is 10.1. The Balaban J connectivity index is 1.77. The number of unbranched alkanes of at least 4 members (excludes halogenated alkanes) is 1. The van der Waals surface area contributed by atoms with E-state index in [9.17, 15) is 9.90 Å². The van der Waals surface area contributed by atoms with Crippen LogP contribution in [0.15, 0.2) is 44.9 Å². The number of benzene rings is 1. The van der Waals surface area contributed by atoms with Gasteiger partial charge in [-0.3, -0.25) is 9.36 Å². The highest BCUT2D eigenvalue weighted by atomic mass is 32.1. The zero-order chi connectivity index (χ0) is 22.7. The van der Waals surface area contributed by atoms with Crippen LogP contribution >= 0.6 is 11.3 Å². The van der Waals surface area contributed by atoms with Crippen molar-refractivity contribution in [3.05, 3.63) is 74.0 Å². The Hall–Kier alpha value is -3.33. The monoisotopic (exact) mass is 451 g/mol. The average molecular weight is 452 g/mol. The first-order valence-corrected chi connectivity index (χ1v) is 11.5. The van der Waals surface area contributed by atoms with Crippen LogP contribution in [0.2, 0.25) is 0 Å². The number of aryl methyl sites for hydroxylation is 2. The van der Waals surface area contributed by atoms with Crippen LogP contribution in [0.5, 0.6) is 5.88 Å². The van der Waals surface area contributed by atoms with Crippen LogP contribution in [0.1, 0.15) is 60.7 Å². The Morgan fingerprint density at radius 1 is 1.19 bits per heavy atom. The maximum atomic E-state index is 13.6. The zero-order valence-electron chi connectivity index (χ0n) is 18.3. The van der Waals surface area contributed by atoms with Gasteiger partial charge in [-0.05, 0) is 25.8 Å². The molecule has 0 spiro atoms. The number of hydrogen-bond acceptors (Lipinski definition) is 8. The Bertz CT molecular complexity index is 1260. The minimum absolute atomic E-state index is 0.0435. The predicted octanol–water partition coefficient (Wildman–Crippen LogP) is 4.31. The quantitative estimate of drug-likeness (QED) is 0.425. The van der Waals surface area contributed by atoms with Gasteiger partial charge in [0.05, 0.1) is 23.2 Å². The Kier molecular flexibility index (Phi) is 6.45. The minimum atomic E-state index is -0.403. The smallest absolute Gasteiger partial charge is 0.270 e. The van der Waals surface area contributed by atoms with E-state index in [-0.39, 0.29) is 17.5 Å². The molecule has 0 aliphatic rings. The fourth-order valence-electron chi connectivity index (χ4n) is 3.61. The van der Waals surface area contributed by atoms with Crippen molar-refractivity contribution < 1.29 is 9.52 Å². The van der Waals surface area contributed by atoms with E-state index in [1.807, 2.05) is 49.6 Å². The molecule has 9 heteroatoms. The summed E-state index contributed by atoms with van der Waals surface area (Å²) in [6.45, 7) is 5.94. The lowest BCUT2D eigenvalue weighted by Crippen LogP contribution is -2.30. The van der Waals surface area contributed by atoms with Gasteiger partial charge in [0.1, 0.15) is 5.82 Å². The average Bonchev–Trinajstić information content (AvgIpc) is 3.41. The predicted molar refractivity (Wildman–Crippen MR) is 122 cm³/mol. The number of hydrogen-bond donors (Lipinski definition) is 1. The first kappa shape index (κ1) is 21.9. The lowest BCUT2D eigenvalue weighted by molar-refractivity contribution is 0.431. The molecular weight excluding hydrogens is 426 g/mol. The number of rotatable bonds is 8. The molecule has 166 valence electrons. The van der Waals surface area contributed by atoms with Crippen LogP contribution in [0.4, 0.5) is 0 Å². The molecule has 0 aliphatic carbocycles. The summed E-state index contributed by atoms with van der Waals surface area (Å²) in [7, 11) is 0. The molecule has 4 rings (SSSR count). The standard InChI is InChI=1S/C23H25N5O3S/c1-4-5-11-18-25-21(29)20(23(30)28(18)14(2)16-9-7-6-8-10-16)22-27-26-19(31-22)12-17-13-32-15(3)24-17/h6-10,13-14,29H,4-5,11-12H2,1-3H3/t14-/m1/s1. The van der Waals surface area contributed by atoms with Crippen LogP contribution < -0.4 is 5.56 Å². The largest absolute Gasteiger partial charge is 0.493 e. The second-order valence-electron chi connectivity index (χ2n) is 7.63. The number of aromatic hydroxyl groups is 1. The van der Waals surface area contributed by atoms with Crippen LogP contribution in [-0.2, 0) is 12.8 Å². The van der Waals surface area contributed by atoms with Gasteiger partial charge in [-0.1, -0.05) is 43.7 Å². The van der Waals surface area contributed by atoms with Gasteiger partial charge in [0.25, 0.3) is 11.4 Å². The third kappa shape index (κ3) is 4.47. The topological polar surface area (TPSA) is 107 Å². The maximum Gasteiger partial charge on any atom is 0.270 e. The first-order valence-electron chi connectivity index (χ1n) is 10.6. The van der Waals surface area contributed by atoms with E-state index >= 15 is 0 Å². The fraction of sp³-hybridized carbons (Fsp3) is 0.348. The zero-order valence-corrected chi connectivity index (χ0v) is 19.1. The maximum absolute atomic E-state index is 13.6. The molecule has 1 atom stereocenters. The summed E-state index contributed by atoms with van der Waals surface area (Å²) < 4.78 is 7.35. The van der Waals surface area contributed by atoms with Gasteiger partial charge in [-0.2, -0.15) is 4.98 Å². The molecule has 1 aromatic carbocycles. The normalized spacial score (nSPS) is 12.2. The van der Waals surface area contributed by atoms with E-state index in [1.165, 1.54) is 11.3 Å². The molecule has 8 nitrogen and oxygen atoms in total. The summed E-state index contributed by atoms with van der Waals surface area (Å²) in [6.07, 6.45) is 2.73. The minimum Gasteiger partial charge on any atom is -0.493 e. The molecule has 0 aliphatic heterocycles. The number of aromatic nitrogens is 5. The summed E-state index contributed by atoms with van der Waals surface area (Å²) in [5.41, 5.74) is 1.30. The Morgan fingerprint density at radius 2 is 1.97 bits per heavy atom. The Morgan fingerprint density at radius 3 is 2.66 bits per heavy atom. The summed E-state index contributed by atoms with van der Waals surface area (Å²) >= 11 is 1.54. The molecule has 32 heavy (non-hydrogen) atoms. The van der Waals surface area contributed by atoms with Gasteiger partial charge < -0.3 is 9.52 Å². The fourth-order valence-corrected chi connectivity index (χ4v) is 4.23. The van der Waals surface area contributed by atoms with Gasteiger partial charge in [0.15, 0.2) is 5.56 Å². The molecule has 0 saturated heterocycles. The van der Waals surface area contributed by atoms with Crippen molar-refractivity contribution in [3.63, 3.8) is 0 Å². The van der Waals surface area contributed by atoms with Crippen molar-refractivity contribution in [1.29, 1.82) is 0 Å². The number of thiazole rings is 1. The second kappa shape index (κ2) is 9.44. The molecular formula is C23H25N5O3S. The van der Waals surface area contributed by atoms with Crippen LogP contribution in [0.3, 0.4) is 0 Å². The van der Waals surface area contributed by atoms with Crippen molar-refractivity contribution in [2.24, 2.45) is 0 Å². The van der Waals surface area contributed by atoms with Crippen molar-refractivity contribution in [2.75, 3.05) is 0 Å². The molecule has 4 aromatic rings. The summed E-state index contributed by atoms with van der Waals surface area (Å²) in [4.78, 5) is 22.4. The molecule has 1 N–H and O–H groups in total. The van der Waals surface area contributed by atoms with Gasteiger partial charge in [0.2, 0.25) is 11.8 Å². The van der Waals surface area contributed by atoms with Gasteiger partial charge in [-0.25, -0.2) is 4.98 Å². The van der Waals surface area contributed by atoms with E-state index < -0.39 is 11.4 Å². The molecule has 0 bridgehead atoms. The summed E-state index contributed by atoms with van der Waals surface area (Å²) in [6, 6.07) is 9.45. The van der Waals surface area contributed by atoms with E-state index in [1.54, 1.807) is 4.57 Å². The molecule has 0 amide bonds. The van der Waals surface area contributed by atoms with Gasteiger partial charge in [-0.15, -0.1) is 21.5 Å². The van der Waals surface area contributed by atoms with Crippen LogP contribution in [-0.4, -0.2) is 29.8 Å². The first-order chi connectivity index (χ1) is 15.5. The molecule has 3 heterocycles. The van der Waals surface area contributed by atoms with Crippen molar-refractivity contribution in [1.82, 2.24) is 24.7 Å². The molecule has 0 fully saturated rings. The van der Waals surface area contributed by atoms with Crippen LogP contribution in [0.25, 0.3) is 11.5 Å². The molecule has 3 aromatic heterocycles. The van der Waals surface area contributed by atoms with E-state index in [0.29, 0.717) is 24.6 Å². The van der Waals surface area contributed by atoms with Crippen molar-refractivity contribution in [2.45, 2.75) is 52.5 Å². The highest BCUT2D eigenvalue weighted by molar-refractivity contribution is 7.09. The van der Waals surface area contributed by atoms with Crippen molar-refractivity contribution >= 4 is 11.3 Å². The molecule has 0 radical (unpaired) electrons. The Labute approximate surface area is 189 Å². The number of nitrogens with zero attached hydrogens (tertiary/aromatic N) is 5. The molecule has 0 unspecified atom stereocenters. The second-order valence-corrected chi connectivity index (χ2v) is 8.69. The lowest BCUT2D eigenvalue weighted by Gasteiger charge is -2.20. The highest BCUT2D eigenvalue weighted by Crippen LogP contribution is 2.27. The highest BCUT2D eigenvalue weighted by Gasteiger charge is 2.25. The summed E-state index contributed by atoms with van der Waals surface area (Å²) in [5.74, 6) is 0.421. The third-order valence-electron chi connectivity index (χ3n) is 5.27. The van der Waals surface area contributed by atoms with Crippen molar-refractivity contribution in [3.8, 4) is 17.3 Å². The van der Waals surface area contributed by atoms with Gasteiger partial charge in [0, 0.05) is 11.8 Å². The SMILES string of the molecule is CCCCc1nc(O)c(-c2nnc(Cc3csc(C)n3)o2)c(=O)n1[C@H](C)c1ccccc1. The van der Waals surface area contributed by atoms with E-state index in [2.05, 4.69) is 27.1 Å².